The lowest BCUT2D eigenvalue weighted by Crippen LogP contribution is -2.51. The molecule has 2 heterocycles. The Hall–Kier alpha value is -2.23. The van der Waals surface area contributed by atoms with E-state index in [0.29, 0.717) is 25.7 Å². The minimum atomic E-state index is -0.216. The molecule has 2 aromatic rings. The van der Waals surface area contributed by atoms with Crippen molar-refractivity contribution in [2.24, 2.45) is 10.7 Å². The molecular formula is C21H26FIN4O2. The number of para-hydroxylation sites is 1. The van der Waals surface area contributed by atoms with Crippen molar-refractivity contribution < 1.29 is 13.9 Å². The van der Waals surface area contributed by atoms with Crippen molar-refractivity contribution >= 4 is 35.6 Å². The van der Waals surface area contributed by atoms with Crippen LogP contribution in [0.5, 0.6) is 11.5 Å². The standard InChI is InChI=1S/C21H25FN4O2.HI/c22-17-5-7-18(8-6-17)25-9-11-26(12-10-25)21(23)24-15-16-3-1-4-19-20(16)28-14-2-13-27-19;/h1,3-8H,2,9-15H2,(H2,23,24);1H. The molecule has 0 spiro atoms. The van der Waals surface area contributed by atoms with Crippen LogP contribution in [0.3, 0.4) is 0 Å². The first-order valence-electron chi connectivity index (χ1n) is 9.63. The van der Waals surface area contributed by atoms with Crippen LogP contribution in [0.4, 0.5) is 10.1 Å². The Morgan fingerprint density at radius 3 is 2.48 bits per heavy atom. The Kier molecular flexibility index (Phi) is 7.40. The summed E-state index contributed by atoms with van der Waals surface area (Å²) < 4.78 is 24.7. The summed E-state index contributed by atoms with van der Waals surface area (Å²) in [4.78, 5) is 8.89. The molecule has 0 amide bonds. The van der Waals surface area contributed by atoms with Gasteiger partial charge in [-0.05, 0) is 30.3 Å². The molecule has 8 heteroatoms. The molecule has 6 nitrogen and oxygen atoms in total. The second-order valence-electron chi connectivity index (χ2n) is 6.92. The lowest BCUT2D eigenvalue weighted by Gasteiger charge is -2.36. The summed E-state index contributed by atoms with van der Waals surface area (Å²) in [6.07, 6.45) is 0.873. The number of nitrogens with zero attached hydrogens (tertiary/aromatic N) is 3. The molecule has 2 aromatic carbocycles. The van der Waals surface area contributed by atoms with Gasteiger partial charge in [-0.15, -0.1) is 24.0 Å². The quantitative estimate of drug-likeness (QED) is 0.389. The van der Waals surface area contributed by atoms with E-state index >= 15 is 0 Å². The molecule has 29 heavy (non-hydrogen) atoms. The highest BCUT2D eigenvalue weighted by atomic mass is 127. The Morgan fingerprint density at radius 2 is 1.72 bits per heavy atom. The predicted molar refractivity (Wildman–Crippen MR) is 123 cm³/mol. The van der Waals surface area contributed by atoms with Gasteiger partial charge < -0.3 is 25.0 Å². The van der Waals surface area contributed by atoms with Gasteiger partial charge in [0.15, 0.2) is 17.5 Å². The minimum absolute atomic E-state index is 0. The zero-order chi connectivity index (χ0) is 19.3. The van der Waals surface area contributed by atoms with Crippen LogP contribution in [0.15, 0.2) is 47.5 Å². The summed E-state index contributed by atoms with van der Waals surface area (Å²) in [6, 6.07) is 12.5. The molecule has 0 saturated carbocycles. The number of ether oxygens (including phenoxy) is 2. The van der Waals surface area contributed by atoms with Crippen molar-refractivity contribution in [3.05, 3.63) is 53.8 Å². The molecule has 0 aromatic heterocycles. The fraction of sp³-hybridized carbons (Fsp3) is 0.381. The topological polar surface area (TPSA) is 63.3 Å². The summed E-state index contributed by atoms with van der Waals surface area (Å²) in [5, 5.41) is 0. The van der Waals surface area contributed by atoms with Gasteiger partial charge in [0.05, 0.1) is 19.8 Å². The molecule has 0 aliphatic carbocycles. The molecule has 4 rings (SSSR count). The van der Waals surface area contributed by atoms with Gasteiger partial charge in [0.1, 0.15) is 5.82 Å². The molecule has 156 valence electrons. The molecular weight excluding hydrogens is 486 g/mol. The van der Waals surface area contributed by atoms with Gasteiger partial charge >= 0.3 is 0 Å². The van der Waals surface area contributed by atoms with E-state index in [1.807, 2.05) is 30.3 Å². The first kappa shape index (κ1) is 21.5. The maximum atomic E-state index is 13.1. The minimum Gasteiger partial charge on any atom is -0.490 e. The molecule has 0 radical (unpaired) electrons. The largest absolute Gasteiger partial charge is 0.490 e. The van der Waals surface area contributed by atoms with E-state index in [4.69, 9.17) is 15.2 Å². The average molecular weight is 512 g/mol. The van der Waals surface area contributed by atoms with Crippen LogP contribution >= 0.6 is 24.0 Å². The van der Waals surface area contributed by atoms with Crippen molar-refractivity contribution in [3.8, 4) is 11.5 Å². The summed E-state index contributed by atoms with van der Waals surface area (Å²) >= 11 is 0. The summed E-state index contributed by atoms with van der Waals surface area (Å²) in [7, 11) is 0. The molecule has 2 aliphatic rings. The highest BCUT2D eigenvalue weighted by Crippen LogP contribution is 2.33. The van der Waals surface area contributed by atoms with Crippen LogP contribution in [0, 0.1) is 5.82 Å². The lowest BCUT2D eigenvalue weighted by molar-refractivity contribution is 0.296. The fourth-order valence-electron chi connectivity index (χ4n) is 3.49. The molecule has 0 unspecified atom stereocenters. The third kappa shape index (κ3) is 5.23. The van der Waals surface area contributed by atoms with Crippen LogP contribution in [-0.2, 0) is 6.54 Å². The highest BCUT2D eigenvalue weighted by molar-refractivity contribution is 14.0. The summed E-state index contributed by atoms with van der Waals surface area (Å²) in [5.74, 6) is 1.87. The SMILES string of the molecule is I.NC(=NCc1cccc2c1OCCCO2)N1CCN(c2ccc(F)cc2)CC1. The number of piperazine rings is 1. The van der Waals surface area contributed by atoms with Crippen molar-refractivity contribution in [1.29, 1.82) is 0 Å². The van der Waals surface area contributed by atoms with Crippen LogP contribution in [0.2, 0.25) is 0 Å². The van der Waals surface area contributed by atoms with E-state index in [1.165, 1.54) is 12.1 Å². The average Bonchev–Trinajstić information content (AvgIpc) is 2.99. The Labute approximate surface area is 187 Å². The number of hydrogen-bond donors (Lipinski definition) is 1. The molecule has 0 atom stereocenters. The van der Waals surface area contributed by atoms with Crippen LogP contribution in [0.25, 0.3) is 0 Å². The van der Waals surface area contributed by atoms with E-state index in [2.05, 4.69) is 14.8 Å². The van der Waals surface area contributed by atoms with E-state index < -0.39 is 0 Å². The first-order chi connectivity index (χ1) is 13.7. The number of aliphatic imine (C=N–C) groups is 1. The number of nitrogens with two attached hydrogens (primary N) is 1. The number of rotatable bonds is 3. The lowest BCUT2D eigenvalue weighted by atomic mass is 10.2. The Bertz CT molecular complexity index is 839. The maximum Gasteiger partial charge on any atom is 0.191 e. The second-order valence-corrected chi connectivity index (χ2v) is 6.92. The highest BCUT2D eigenvalue weighted by Gasteiger charge is 2.19. The number of anilines is 1. The van der Waals surface area contributed by atoms with Crippen molar-refractivity contribution in [3.63, 3.8) is 0 Å². The Balaban J connectivity index is 0.00000240. The molecule has 2 N–H and O–H groups in total. The number of hydrogen-bond acceptors (Lipinski definition) is 4. The van der Waals surface area contributed by atoms with Crippen LogP contribution < -0.4 is 20.1 Å². The first-order valence-corrected chi connectivity index (χ1v) is 9.63. The van der Waals surface area contributed by atoms with Gasteiger partial charge in [0, 0.05) is 43.9 Å². The summed E-state index contributed by atoms with van der Waals surface area (Å²) in [5.41, 5.74) is 8.25. The number of guanidine groups is 1. The van der Waals surface area contributed by atoms with Crippen LogP contribution in [-0.4, -0.2) is 50.3 Å². The van der Waals surface area contributed by atoms with Gasteiger partial charge in [-0.3, -0.25) is 0 Å². The number of fused-ring (bicyclic) bond motifs is 1. The third-order valence-electron chi connectivity index (χ3n) is 5.06. The van der Waals surface area contributed by atoms with E-state index in [9.17, 15) is 4.39 Å². The zero-order valence-corrected chi connectivity index (χ0v) is 18.6. The van der Waals surface area contributed by atoms with Crippen molar-refractivity contribution in [2.45, 2.75) is 13.0 Å². The van der Waals surface area contributed by atoms with Gasteiger partial charge in [-0.25, -0.2) is 9.38 Å². The predicted octanol–water partition coefficient (Wildman–Crippen LogP) is 3.24. The number of halogens is 2. The summed E-state index contributed by atoms with van der Waals surface area (Å²) in [6.45, 7) is 4.96. The Morgan fingerprint density at radius 1 is 1.00 bits per heavy atom. The van der Waals surface area contributed by atoms with E-state index in [-0.39, 0.29) is 29.8 Å². The molecule has 0 bridgehead atoms. The normalized spacial score (nSPS) is 16.8. The molecule has 1 fully saturated rings. The van der Waals surface area contributed by atoms with Gasteiger partial charge in [0.25, 0.3) is 0 Å². The fourth-order valence-corrected chi connectivity index (χ4v) is 3.49. The zero-order valence-electron chi connectivity index (χ0n) is 16.2. The third-order valence-corrected chi connectivity index (χ3v) is 5.06. The van der Waals surface area contributed by atoms with E-state index in [1.54, 1.807) is 0 Å². The second kappa shape index (κ2) is 10.00. The van der Waals surface area contributed by atoms with Crippen molar-refractivity contribution in [2.75, 3.05) is 44.3 Å². The molecule has 2 aliphatic heterocycles. The monoisotopic (exact) mass is 512 g/mol. The molecule has 1 saturated heterocycles. The number of benzene rings is 2. The van der Waals surface area contributed by atoms with Gasteiger partial charge in [-0.2, -0.15) is 0 Å². The van der Waals surface area contributed by atoms with Gasteiger partial charge in [0.2, 0.25) is 0 Å². The van der Waals surface area contributed by atoms with E-state index in [0.717, 1.165) is 55.3 Å². The van der Waals surface area contributed by atoms with Gasteiger partial charge in [-0.1, -0.05) is 12.1 Å². The smallest absolute Gasteiger partial charge is 0.191 e. The maximum absolute atomic E-state index is 13.1. The van der Waals surface area contributed by atoms with Crippen LogP contribution in [0.1, 0.15) is 12.0 Å². The van der Waals surface area contributed by atoms with Crippen molar-refractivity contribution in [1.82, 2.24) is 4.90 Å².